The number of carboxylic acid groups (broad SMARTS) is 1. The van der Waals surface area contributed by atoms with E-state index in [-0.39, 0.29) is 12.2 Å². The van der Waals surface area contributed by atoms with Gasteiger partial charge >= 0.3 is 5.97 Å². The Morgan fingerprint density at radius 3 is 2.42 bits per heavy atom. The number of halogens is 1. The number of benzene rings is 2. The maximum absolute atomic E-state index is 13.1. The molecule has 2 aromatic rings. The zero-order valence-electron chi connectivity index (χ0n) is 10.2. The van der Waals surface area contributed by atoms with Gasteiger partial charge in [0.2, 0.25) is 0 Å². The molecule has 0 spiro atoms. The molecular weight excluding hydrogens is 245 g/mol. The minimum absolute atomic E-state index is 0.277. The van der Waals surface area contributed by atoms with Gasteiger partial charge in [0.15, 0.2) is 0 Å². The summed E-state index contributed by atoms with van der Waals surface area (Å²) >= 11 is 0. The number of carboxylic acids is 1. The van der Waals surface area contributed by atoms with Crippen molar-refractivity contribution in [3.8, 4) is 11.1 Å². The zero-order chi connectivity index (χ0) is 13.8. The van der Waals surface area contributed by atoms with Crippen molar-refractivity contribution in [3.63, 3.8) is 0 Å². The number of carbonyl (C=O) groups is 1. The number of hydrogen-bond donors (Lipinski definition) is 2. The number of aliphatic carboxylic acids is 1. The first-order valence-corrected chi connectivity index (χ1v) is 5.89. The van der Waals surface area contributed by atoms with Gasteiger partial charge in [-0.25, -0.2) is 4.39 Å². The van der Waals surface area contributed by atoms with Gasteiger partial charge in [0.05, 0.1) is 0 Å². The third kappa shape index (κ3) is 3.39. The van der Waals surface area contributed by atoms with E-state index in [9.17, 15) is 9.18 Å². The molecule has 4 heteroatoms. The normalized spacial score (nSPS) is 12.1. The van der Waals surface area contributed by atoms with Crippen molar-refractivity contribution in [3.05, 3.63) is 59.9 Å². The Bertz CT molecular complexity index is 581. The highest BCUT2D eigenvalue weighted by Crippen LogP contribution is 2.20. The lowest BCUT2D eigenvalue weighted by Gasteiger charge is -2.07. The molecule has 0 fully saturated rings. The summed E-state index contributed by atoms with van der Waals surface area (Å²) in [4.78, 5) is 10.7. The van der Waals surface area contributed by atoms with E-state index >= 15 is 0 Å². The molecule has 3 N–H and O–H groups in total. The molecule has 0 aliphatic rings. The Hall–Kier alpha value is -2.20. The maximum Gasteiger partial charge on any atom is 0.320 e. The maximum atomic E-state index is 13.1. The first-order chi connectivity index (χ1) is 9.06. The molecule has 1 atom stereocenters. The zero-order valence-corrected chi connectivity index (χ0v) is 10.2. The van der Waals surface area contributed by atoms with Crippen LogP contribution in [-0.2, 0) is 11.2 Å². The van der Waals surface area contributed by atoms with Crippen LogP contribution in [0.5, 0.6) is 0 Å². The van der Waals surface area contributed by atoms with Gasteiger partial charge in [0.1, 0.15) is 11.9 Å². The van der Waals surface area contributed by atoms with Gasteiger partial charge in [0.25, 0.3) is 0 Å². The van der Waals surface area contributed by atoms with Crippen LogP contribution in [0.2, 0.25) is 0 Å². The topological polar surface area (TPSA) is 63.3 Å². The van der Waals surface area contributed by atoms with Crippen LogP contribution >= 0.6 is 0 Å². The summed E-state index contributed by atoms with van der Waals surface area (Å²) in [7, 11) is 0. The van der Waals surface area contributed by atoms with Crippen molar-refractivity contribution in [1.82, 2.24) is 0 Å². The highest BCUT2D eigenvalue weighted by molar-refractivity contribution is 5.73. The Morgan fingerprint density at radius 2 is 1.84 bits per heavy atom. The molecule has 19 heavy (non-hydrogen) atoms. The lowest BCUT2D eigenvalue weighted by Crippen LogP contribution is -2.32. The summed E-state index contributed by atoms with van der Waals surface area (Å²) in [5.74, 6) is -1.30. The van der Waals surface area contributed by atoms with Crippen molar-refractivity contribution in [1.29, 1.82) is 0 Å². The largest absolute Gasteiger partial charge is 0.480 e. The van der Waals surface area contributed by atoms with Crippen molar-refractivity contribution in [2.45, 2.75) is 12.5 Å². The Balaban J connectivity index is 2.17. The van der Waals surface area contributed by atoms with Gasteiger partial charge in [-0.05, 0) is 35.2 Å². The van der Waals surface area contributed by atoms with E-state index in [0.717, 1.165) is 16.7 Å². The van der Waals surface area contributed by atoms with Gasteiger partial charge in [-0.2, -0.15) is 0 Å². The second-order valence-electron chi connectivity index (χ2n) is 4.36. The third-order valence-electron chi connectivity index (χ3n) is 2.88. The molecule has 0 aliphatic carbocycles. The van der Waals surface area contributed by atoms with Gasteiger partial charge in [-0.3, -0.25) is 4.79 Å². The fourth-order valence-electron chi connectivity index (χ4n) is 1.84. The highest BCUT2D eigenvalue weighted by Gasteiger charge is 2.11. The van der Waals surface area contributed by atoms with E-state index in [2.05, 4.69) is 0 Å². The second-order valence-corrected chi connectivity index (χ2v) is 4.36. The first kappa shape index (κ1) is 13.2. The Kier molecular flexibility index (Phi) is 3.92. The molecule has 0 saturated heterocycles. The standard InChI is InChI=1S/C15H14FNO2/c16-13-3-1-2-12(9-13)11-6-4-10(5-7-11)8-14(17)15(18)19/h1-7,9,14H,8,17H2,(H,18,19). The lowest BCUT2D eigenvalue weighted by molar-refractivity contribution is -0.138. The molecule has 0 heterocycles. The smallest absolute Gasteiger partial charge is 0.320 e. The summed E-state index contributed by atoms with van der Waals surface area (Å²) < 4.78 is 13.1. The molecule has 0 aromatic heterocycles. The highest BCUT2D eigenvalue weighted by atomic mass is 19.1. The molecule has 98 valence electrons. The van der Waals surface area contributed by atoms with Crippen molar-refractivity contribution < 1.29 is 14.3 Å². The molecular formula is C15H14FNO2. The van der Waals surface area contributed by atoms with Crippen LogP contribution in [0.25, 0.3) is 11.1 Å². The van der Waals surface area contributed by atoms with E-state index in [4.69, 9.17) is 10.8 Å². The van der Waals surface area contributed by atoms with Crippen molar-refractivity contribution in [2.24, 2.45) is 5.73 Å². The fraction of sp³-hybridized carbons (Fsp3) is 0.133. The van der Waals surface area contributed by atoms with Crippen LogP contribution < -0.4 is 5.73 Å². The second kappa shape index (κ2) is 5.63. The number of hydrogen-bond acceptors (Lipinski definition) is 2. The van der Waals surface area contributed by atoms with Crippen LogP contribution in [0.4, 0.5) is 4.39 Å². The molecule has 2 rings (SSSR count). The SMILES string of the molecule is NC(Cc1ccc(-c2cccc(F)c2)cc1)C(=O)O. The summed E-state index contributed by atoms with van der Waals surface area (Å²) in [6.45, 7) is 0. The molecule has 0 saturated carbocycles. The van der Waals surface area contributed by atoms with Crippen LogP contribution in [0.15, 0.2) is 48.5 Å². The predicted molar refractivity (Wildman–Crippen MR) is 71.2 cm³/mol. The fourth-order valence-corrected chi connectivity index (χ4v) is 1.84. The molecule has 0 aliphatic heterocycles. The quantitative estimate of drug-likeness (QED) is 0.886. The summed E-state index contributed by atoms with van der Waals surface area (Å²) in [6, 6.07) is 12.7. The van der Waals surface area contributed by atoms with Gasteiger partial charge in [-0.1, -0.05) is 36.4 Å². The monoisotopic (exact) mass is 259 g/mol. The lowest BCUT2D eigenvalue weighted by atomic mass is 10.0. The van der Waals surface area contributed by atoms with E-state index in [0.29, 0.717) is 0 Å². The van der Waals surface area contributed by atoms with Gasteiger partial charge in [0, 0.05) is 0 Å². The van der Waals surface area contributed by atoms with Crippen LogP contribution in [0, 0.1) is 5.82 Å². The third-order valence-corrected chi connectivity index (χ3v) is 2.88. The number of rotatable bonds is 4. The molecule has 0 radical (unpaired) electrons. The van der Waals surface area contributed by atoms with Crippen LogP contribution in [-0.4, -0.2) is 17.1 Å². The van der Waals surface area contributed by atoms with Gasteiger partial charge < -0.3 is 10.8 Å². The minimum Gasteiger partial charge on any atom is -0.480 e. The molecule has 3 nitrogen and oxygen atoms in total. The van der Waals surface area contributed by atoms with E-state index < -0.39 is 12.0 Å². The van der Waals surface area contributed by atoms with Gasteiger partial charge in [-0.15, -0.1) is 0 Å². The molecule has 0 amide bonds. The average molecular weight is 259 g/mol. The van der Waals surface area contributed by atoms with E-state index in [1.807, 2.05) is 30.3 Å². The first-order valence-electron chi connectivity index (χ1n) is 5.89. The van der Waals surface area contributed by atoms with Crippen molar-refractivity contribution in [2.75, 3.05) is 0 Å². The summed E-state index contributed by atoms with van der Waals surface area (Å²) in [6.07, 6.45) is 0.277. The van der Waals surface area contributed by atoms with E-state index in [1.54, 1.807) is 6.07 Å². The van der Waals surface area contributed by atoms with Crippen molar-refractivity contribution >= 4 is 5.97 Å². The Labute approximate surface area is 110 Å². The molecule has 1 unspecified atom stereocenters. The van der Waals surface area contributed by atoms with Crippen LogP contribution in [0.3, 0.4) is 0 Å². The molecule has 0 bridgehead atoms. The minimum atomic E-state index is -1.02. The number of nitrogens with two attached hydrogens (primary N) is 1. The molecule has 2 aromatic carbocycles. The van der Waals surface area contributed by atoms with Crippen LogP contribution in [0.1, 0.15) is 5.56 Å². The van der Waals surface area contributed by atoms with E-state index in [1.165, 1.54) is 12.1 Å². The predicted octanol–water partition coefficient (Wildman–Crippen LogP) is 2.45. The average Bonchev–Trinajstić information content (AvgIpc) is 2.39. The summed E-state index contributed by atoms with van der Waals surface area (Å²) in [5.41, 5.74) is 7.98. The Morgan fingerprint density at radius 1 is 1.16 bits per heavy atom. The summed E-state index contributed by atoms with van der Waals surface area (Å²) in [5, 5.41) is 8.74.